The van der Waals surface area contributed by atoms with Crippen LogP contribution in [0.15, 0.2) is 148 Å². The number of fused-ring (bicyclic) bond motifs is 2. The van der Waals surface area contributed by atoms with Crippen molar-refractivity contribution in [3.8, 4) is 22.5 Å². The fourth-order valence-corrected chi connectivity index (χ4v) is 7.96. The van der Waals surface area contributed by atoms with Crippen LogP contribution >= 0.6 is 22.7 Å². The smallest absolute Gasteiger partial charge is 0.282 e. The lowest BCUT2D eigenvalue weighted by atomic mass is 10.1. The molecule has 0 radical (unpaired) electrons. The Balaban J connectivity index is 0.000000391. The lowest BCUT2D eigenvalue weighted by Crippen LogP contribution is -2.19. The summed E-state index contributed by atoms with van der Waals surface area (Å²) in [5.74, 6) is -0.757. The summed E-state index contributed by atoms with van der Waals surface area (Å²) in [6.07, 6.45) is 11.5. The maximum Gasteiger partial charge on any atom is 0.345 e. The number of thiazole rings is 2. The number of aryl methyl sites for hydroxylation is 3. The average molecular weight is 817 g/mol. The molecule has 57 heavy (non-hydrogen) atoms. The van der Waals surface area contributed by atoms with E-state index < -0.39 is 10.1 Å². The molecular weight excluding hydrogens is 781 g/mol. The molecule has 0 atom stereocenters. The molecule has 3 N–H and O–H groups in total. The molecule has 2 amide bonds. The van der Waals surface area contributed by atoms with E-state index in [1.807, 2.05) is 81.9 Å². The van der Waals surface area contributed by atoms with Crippen molar-refractivity contribution in [1.29, 1.82) is 0 Å². The van der Waals surface area contributed by atoms with E-state index in [1.165, 1.54) is 12.1 Å². The molecule has 0 bridgehead atoms. The van der Waals surface area contributed by atoms with Gasteiger partial charge in [0, 0.05) is 33.0 Å². The van der Waals surface area contributed by atoms with E-state index in [1.54, 1.807) is 71.5 Å². The molecule has 0 saturated carbocycles. The Hall–Kier alpha value is -6.59. The van der Waals surface area contributed by atoms with Gasteiger partial charge >= 0.3 is 9.92 Å². The van der Waals surface area contributed by atoms with Gasteiger partial charge in [-0.25, -0.2) is 20.0 Å². The van der Waals surface area contributed by atoms with Crippen molar-refractivity contribution in [1.82, 2.24) is 20.0 Å². The maximum atomic E-state index is 12.6. The summed E-state index contributed by atoms with van der Waals surface area (Å²) in [7, 11) is 0.0775. The van der Waals surface area contributed by atoms with E-state index in [-0.39, 0.29) is 16.7 Å². The van der Waals surface area contributed by atoms with Crippen molar-refractivity contribution in [3.05, 3.63) is 160 Å². The van der Waals surface area contributed by atoms with Crippen molar-refractivity contribution >= 4 is 67.0 Å². The molecule has 16 heteroatoms. The number of hydrazone groups is 2. The van der Waals surface area contributed by atoms with Crippen LogP contribution in [-0.4, -0.2) is 46.3 Å². The van der Waals surface area contributed by atoms with Crippen LogP contribution in [0.1, 0.15) is 37.4 Å². The zero-order valence-electron chi connectivity index (χ0n) is 30.8. The first kappa shape index (κ1) is 38.7. The van der Waals surface area contributed by atoms with Crippen LogP contribution in [0.25, 0.3) is 32.4 Å². The summed E-state index contributed by atoms with van der Waals surface area (Å²) in [6.45, 7) is 1.84. The van der Waals surface area contributed by atoms with Gasteiger partial charge in [0.1, 0.15) is 24.8 Å². The summed E-state index contributed by atoms with van der Waals surface area (Å²) in [6, 6.07) is 28.2. The molecule has 286 valence electrons. The predicted molar refractivity (Wildman–Crippen MR) is 221 cm³/mol. The molecule has 0 aliphatic carbocycles. The minimum Gasteiger partial charge on any atom is -0.282 e. The van der Waals surface area contributed by atoms with Gasteiger partial charge in [-0.15, -0.1) is 0 Å². The lowest BCUT2D eigenvalue weighted by molar-refractivity contribution is -0.505. The molecule has 0 aliphatic rings. The summed E-state index contributed by atoms with van der Waals surface area (Å²) >= 11 is 3.38. The van der Waals surface area contributed by atoms with Crippen LogP contribution in [-0.2, 0) is 24.2 Å². The van der Waals surface area contributed by atoms with Gasteiger partial charge < -0.3 is 0 Å². The molecule has 4 aromatic carbocycles. The number of carbonyl (C=O) groups is 2. The van der Waals surface area contributed by atoms with Gasteiger partial charge in [-0.3, -0.25) is 14.1 Å². The topological polar surface area (TPSA) is 155 Å². The third-order valence-corrected chi connectivity index (χ3v) is 11.7. The molecule has 0 fully saturated rings. The number of amides is 2. The van der Waals surface area contributed by atoms with Crippen molar-refractivity contribution in [2.45, 2.75) is 11.8 Å². The summed E-state index contributed by atoms with van der Waals surface area (Å²) in [4.78, 5) is 27.4. The highest BCUT2D eigenvalue weighted by Gasteiger charge is 2.18. The molecule has 4 heterocycles. The second-order valence-electron chi connectivity index (χ2n) is 12.8. The fraction of sp³-hybridized carbons (Fsp3) is 0.0732. The standard InChI is InChI=1S/C34H26N8O2S2.C7H8O3S/c1-39-29(21-41-15-17-45-33(39)41)25-7-3-23(4-8-25)19-35-37-31(43)27-11-13-28(14-12-27)32(44)38-36-20-24-5-9-26(10-6-24)30-22-42-16-18-46-34(42)40(30)2;1-6-2-4-7(5-3-6)11(8,9)10/h3-22H,1-2H3;2-5H,1H3,(H,8,9,10)/p+2. The molecule has 0 aliphatic heterocycles. The first-order valence-electron chi connectivity index (χ1n) is 17.3. The zero-order valence-corrected chi connectivity index (χ0v) is 33.3. The second kappa shape index (κ2) is 16.6. The number of nitrogens with zero attached hydrogens (tertiary/aromatic N) is 6. The molecular formula is C41H36N8O5S3+2. The first-order chi connectivity index (χ1) is 27.4. The Morgan fingerprint density at radius 3 is 1.42 bits per heavy atom. The van der Waals surface area contributed by atoms with Crippen LogP contribution < -0.4 is 19.7 Å². The van der Waals surface area contributed by atoms with E-state index in [2.05, 4.69) is 62.1 Å². The molecule has 13 nitrogen and oxygen atoms in total. The number of hydrogen-bond acceptors (Lipinski definition) is 8. The van der Waals surface area contributed by atoms with E-state index in [0.717, 1.165) is 49.1 Å². The second-order valence-corrected chi connectivity index (χ2v) is 16.0. The van der Waals surface area contributed by atoms with E-state index in [9.17, 15) is 18.0 Å². The summed E-state index contributed by atoms with van der Waals surface area (Å²) in [5.41, 5.74) is 12.9. The quantitative estimate of drug-likeness (QED) is 0.0699. The van der Waals surface area contributed by atoms with Crippen LogP contribution in [0.3, 0.4) is 0 Å². The van der Waals surface area contributed by atoms with Crippen LogP contribution in [0.2, 0.25) is 0 Å². The highest BCUT2D eigenvalue weighted by atomic mass is 32.2. The Kier molecular flexibility index (Phi) is 11.3. The van der Waals surface area contributed by atoms with Gasteiger partial charge in [-0.05, 0) is 78.7 Å². The van der Waals surface area contributed by atoms with Crippen molar-refractivity contribution in [2.75, 3.05) is 0 Å². The third-order valence-electron chi connectivity index (χ3n) is 8.95. The van der Waals surface area contributed by atoms with Crippen molar-refractivity contribution in [2.24, 2.45) is 24.3 Å². The molecule has 4 aromatic heterocycles. The molecule has 8 rings (SSSR count). The van der Waals surface area contributed by atoms with Crippen molar-refractivity contribution in [3.63, 3.8) is 0 Å². The maximum absolute atomic E-state index is 12.6. The predicted octanol–water partition coefficient (Wildman–Crippen LogP) is 6.07. The van der Waals surface area contributed by atoms with Crippen molar-refractivity contribution < 1.29 is 31.4 Å². The number of nitrogens with one attached hydrogen (secondary N) is 2. The number of imidazole rings is 2. The Morgan fingerprint density at radius 2 is 1.05 bits per heavy atom. The van der Waals surface area contributed by atoms with Gasteiger partial charge in [0.25, 0.3) is 21.9 Å². The monoisotopic (exact) mass is 816 g/mol. The average Bonchev–Trinajstić information content (AvgIpc) is 4.00. The highest BCUT2D eigenvalue weighted by Crippen LogP contribution is 2.23. The molecule has 0 unspecified atom stereocenters. The van der Waals surface area contributed by atoms with Gasteiger partial charge in [-0.2, -0.15) is 27.4 Å². The zero-order chi connectivity index (χ0) is 40.1. The number of carbonyl (C=O) groups excluding carboxylic acids is 2. The molecule has 0 saturated heterocycles. The highest BCUT2D eigenvalue weighted by molar-refractivity contribution is 7.85. The minimum absolute atomic E-state index is 0.0666. The SMILES string of the molecule is Cc1ccc(S(=O)(=O)O)cc1.Cn1c(-c2ccc(C=NNC(=O)c3ccc(C(=O)NN=Cc4ccc(-c5c[n+]6ccsc6n5C)cc4)cc3)cc2)c[n+]2ccsc12. The number of aromatic nitrogens is 4. The minimum atomic E-state index is -4.02. The van der Waals surface area contributed by atoms with Crippen LogP contribution in [0, 0.1) is 6.92 Å². The number of benzene rings is 4. The fourth-order valence-electron chi connectivity index (χ4n) is 5.87. The molecule has 0 spiro atoms. The van der Waals surface area contributed by atoms with Gasteiger partial charge in [0.05, 0.1) is 31.4 Å². The van der Waals surface area contributed by atoms with Crippen LogP contribution in [0.5, 0.6) is 0 Å². The van der Waals surface area contributed by atoms with Gasteiger partial charge in [0.15, 0.2) is 11.4 Å². The van der Waals surface area contributed by atoms with Gasteiger partial charge in [-0.1, -0.05) is 64.6 Å². The number of hydrogen-bond donors (Lipinski definition) is 3. The normalized spacial score (nSPS) is 11.6. The first-order valence-corrected chi connectivity index (χ1v) is 20.5. The number of rotatable bonds is 9. The Bertz CT molecular complexity index is 2710. The van der Waals surface area contributed by atoms with E-state index in [0.29, 0.717) is 11.1 Å². The summed E-state index contributed by atoms with van der Waals surface area (Å²) in [5, 5.41) is 12.3. The lowest BCUT2D eigenvalue weighted by Gasteiger charge is -2.03. The van der Waals surface area contributed by atoms with Gasteiger partial charge in [0.2, 0.25) is 0 Å². The third kappa shape index (κ3) is 8.95. The van der Waals surface area contributed by atoms with E-state index >= 15 is 0 Å². The Labute approximate surface area is 335 Å². The molecule has 8 aromatic rings. The Morgan fingerprint density at radius 1 is 0.649 bits per heavy atom. The van der Waals surface area contributed by atoms with Crippen LogP contribution in [0.4, 0.5) is 0 Å². The van der Waals surface area contributed by atoms with E-state index in [4.69, 9.17) is 4.55 Å². The summed E-state index contributed by atoms with van der Waals surface area (Å²) < 4.78 is 38.1. The largest absolute Gasteiger partial charge is 0.345 e.